The minimum Gasteiger partial charge on any atom is -0.384 e. The third-order valence-corrected chi connectivity index (χ3v) is 1.80. The summed E-state index contributed by atoms with van der Waals surface area (Å²) >= 11 is 0. The van der Waals surface area contributed by atoms with Crippen molar-refractivity contribution in [3.63, 3.8) is 0 Å². The molecule has 1 aromatic rings. The molecule has 0 bridgehead atoms. The lowest BCUT2D eigenvalue weighted by atomic mass is 10.2. The van der Waals surface area contributed by atoms with Gasteiger partial charge in [-0.1, -0.05) is 6.92 Å². The number of aromatic nitrogens is 2. The molecule has 68 valence electrons. The van der Waals surface area contributed by atoms with Gasteiger partial charge < -0.3 is 4.74 Å². The normalized spacial score (nSPS) is 13.2. The maximum atomic E-state index is 5.06. The standard InChI is InChI=1S/C9H17N2O/c1-9(7-12-3)6-11-5-4-10(2)8-11/h4-5,8-9H,6-7H2,1-3H3/q+1. The predicted octanol–water partition coefficient (Wildman–Crippen LogP) is 0.595. The number of ether oxygens (including phenoxy) is 1. The Morgan fingerprint density at radius 3 is 2.83 bits per heavy atom. The Labute approximate surface area is 73.6 Å². The summed E-state index contributed by atoms with van der Waals surface area (Å²) in [7, 11) is 3.77. The molecule has 1 aromatic heterocycles. The van der Waals surface area contributed by atoms with Crippen LogP contribution in [0, 0.1) is 5.92 Å². The van der Waals surface area contributed by atoms with Gasteiger partial charge in [-0.25, -0.2) is 9.13 Å². The molecule has 0 fully saturated rings. The van der Waals surface area contributed by atoms with Gasteiger partial charge in [0.1, 0.15) is 12.4 Å². The molecule has 0 radical (unpaired) electrons. The van der Waals surface area contributed by atoms with Gasteiger partial charge in [-0.3, -0.25) is 0 Å². The molecular weight excluding hydrogens is 152 g/mol. The maximum absolute atomic E-state index is 5.06. The first-order chi connectivity index (χ1) is 5.72. The molecule has 0 saturated carbocycles. The minimum absolute atomic E-state index is 0.572. The van der Waals surface area contributed by atoms with Crippen molar-refractivity contribution in [3.8, 4) is 0 Å². The van der Waals surface area contributed by atoms with Gasteiger partial charge in [-0.2, -0.15) is 0 Å². The average Bonchev–Trinajstić information content (AvgIpc) is 2.36. The van der Waals surface area contributed by atoms with Crippen LogP contribution in [-0.2, 0) is 18.3 Å². The van der Waals surface area contributed by atoms with Gasteiger partial charge in [0, 0.05) is 13.0 Å². The fourth-order valence-corrected chi connectivity index (χ4v) is 1.31. The highest BCUT2D eigenvalue weighted by Gasteiger charge is 2.06. The second-order valence-corrected chi connectivity index (χ2v) is 3.34. The second kappa shape index (κ2) is 4.26. The molecule has 12 heavy (non-hydrogen) atoms. The van der Waals surface area contributed by atoms with Gasteiger partial charge >= 0.3 is 0 Å². The van der Waals surface area contributed by atoms with Crippen molar-refractivity contribution in [2.24, 2.45) is 13.0 Å². The first-order valence-corrected chi connectivity index (χ1v) is 4.22. The molecule has 0 spiro atoms. The van der Waals surface area contributed by atoms with Gasteiger partial charge in [-0.05, 0) is 0 Å². The fourth-order valence-electron chi connectivity index (χ4n) is 1.31. The van der Waals surface area contributed by atoms with Crippen LogP contribution in [0.15, 0.2) is 18.7 Å². The van der Waals surface area contributed by atoms with Crippen LogP contribution in [0.5, 0.6) is 0 Å². The topological polar surface area (TPSA) is 18.0 Å². The van der Waals surface area contributed by atoms with Crippen molar-refractivity contribution in [1.82, 2.24) is 4.57 Å². The van der Waals surface area contributed by atoms with Crippen molar-refractivity contribution < 1.29 is 9.30 Å². The van der Waals surface area contributed by atoms with E-state index in [0.29, 0.717) is 5.92 Å². The van der Waals surface area contributed by atoms with Crippen molar-refractivity contribution in [2.45, 2.75) is 13.5 Å². The third-order valence-electron chi connectivity index (χ3n) is 1.80. The Morgan fingerprint density at radius 2 is 2.33 bits per heavy atom. The zero-order valence-corrected chi connectivity index (χ0v) is 8.03. The third kappa shape index (κ3) is 2.66. The average molecular weight is 169 g/mol. The van der Waals surface area contributed by atoms with Crippen LogP contribution >= 0.6 is 0 Å². The zero-order valence-electron chi connectivity index (χ0n) is 8.03. The van der Waals surface area contributed by atoms with Gasteiger partial charge in [0.2, 0.25) is 6.33 Å². The minimum atomic E-state index is 0.572. The summed E-state index contributed by atoms with van der Waals surface area (Å²) in [5.74, 6) is 0.572. The molecule has 0 aromatic carbocycles. The van der Waals surface area contributed by atoms with E-state index in [1.807, 2.05) is 17.8 Å². The summed E-state index contributed by atoms with van der Waals surface area (Å²) in [5.41, 5.74) is 0. The molecule has 0 aliphatic rings. The number of methoxy groups -OCH3 is 1. The van der Waals surface area contributed by atoms with Crippen LogP contribution in [0.2, 0.25) is 0 Å². The van der Waals surface area contributed by atoms with E-state index >= 15 is 0 Å². The van der Waals surface area contributed by atoms with Crippen LogP contribution in [0.25, 0.3) is 0 Å². The summed E-state index contributed by atoms with van der Waals surface area (Å²) in [4.78, 5) is 0. The Bertz CT molecular complexity index is 232. The van der Waals surface area contributed by atoms with Crippen molar-refractivity contribution in [2.75, 3.05) is 13.7 Å². The lowest BCUT2D eigenvalue weighted by Crippen LogP contribution is -2.24. The lowest BCUT2D eigenvalue weighted by molar-refractivity contribution is -0.671. The Morgan fingerprint density at radius 1 is 1.58 bits per heavy atom. The molecule has 1 rings (SSSR count). The van der Waals surface area contributed by atoms with Crippen LogP contribution in [0.3, 0.4) is 0 Å². The van der Waals surface area contributed by atoms with Crippen molar-refractivity contribution in [1.29, 1.82) is 0 Å². The van der Waals surface area contributed by atoms with E-state index in [-0.39, 0.29) is 0 Å². The summed E-state index contributed by atoms with van der Waals surface area (Å²) < 4.78 is 9.27. The first-order valence-electron chi connectivity index (χ1n) is 4.22. The summed E-state index contributed by atoms with van der Waals surface area (Å²) in [6.07, 6.45) is 6.19. The molecule has 0 amide bonds. The number of imidazole rings is 1. The molecule has 1 heterocycles. The quantitative estimate of drug-likeness (QED) is 0.603. The van der Waals surface area contributed by atoms with Gasteiger partial charge in [-0.15, -0.1) is 0 Å². The smallest absolute Gasteiger partial charge is 0.243 e. The van der Waals surface area contributed by atoms with Crippen LogP contribution in [-0.4, -0.2) is 18.3 Å². The van der Waals surface area contributed by atoms with Crippen LogP contribution in [0.4, 0.5) is 0 Å². The molecular formula is C9H17N2O+. The summed E-state index contributed by atoms with van der Waals surface area (Å²) in [6.45, 7) is 4.03. The number of hydrogen-bond donors (Lipinski definition) is 0. The zero-order chi connectivity index (χ0) is 8.97. The van der Waals surface area contributed by atoms with E-state index in [2.05, 4.69) is 24.0 Å². The summed E-state index contributed by atoms with van der Waals surface area (Å²) in [6, 6.07) is 0. The predicted molar refractivity (Wildman–Crippen MR) is 46.6 cm³/mol. The second-order valence-electron chi connectivity index (χ2n) is 3.34. The highest BCUT2D eigenvalue weighted by Crippen LogP contribution is 1.99. The largest absolute Gasteiger partial charge is 0.384 e. The molecule has 1 unspecified atom stereocenters. The number of rotatable bonds is 4. The maximum Gasteiger partial charge on any atom is 0.243 e. The molecule has 0 aliphatic carbocycles. The highest BCUT2D eigenvalue weighted by atomic mass is 16.5. The Kier molecular flexibility index (Phi) is 3.29. The van der Waals surface area contributed by atoms with Gasteiger partial charge in [0.05, 0.1) is 20.2 Å². The number of aryl methyl sites for hydroxylation is 1. The Balaban J connectivity index is 2.41. The summed E-state index contributed by atoms with van der Waals surface area (Å²) in [5, 5.41) is 0. The molecule has 3 nitrogen and oxygen atoms in total. The van der Waals surface area contributed by atoms with E-state index in [1.165, 1.54) is 0 Å². The van der Waals surface area contributed by atoms with Crippen LogP contribution in [0.1, 0.15) is 6.92 Å². The van der Waals surface area contributed by atoms with Crippen molar-refractivity contribution >= 4 is 0 Å². The molecule has 0 N–H and O–H groups in total. The van der Waals surface area contributed by atoms with E-state index in [9.17, 15) is 0 Å². The fraction of sp³-hybridized carbons (Fsp3) is 0.667. The molecule has 1 atom stereocenters. The first kappa shape index (κ1) is 9.26. The molecule has 3 heteroatoms. The van der Waals surface area contributed by atoms with Crippen molar-refractivity contribution in [3.05, 3.63) is 18.7 Å². The number of hydrogen-bond acceptors (Lipinski definition) is 1. The molecule has 0 aliphatic heterocycles. The van der Waals surface area contributed by atoms with Gasteiger partial charge in [0.25, 0.3) is 0 Å². The van der Waals surface area contributed by atoms with E-state index in [1.54, 1.807) is 7.11 Å². The SMILES string of the molecule is COCC(C)Cn1cc[n+](C)c1. The monoisotopic (exact) mass is 169 g/mol. The molecule has 0 saturated heterocycles. The lowest BCUT2D eigenvalue weighted by Gasteiger charge is -2.05. The van der Waals surface area contributed by atoms with E-state index in [0.717, 1.165) is 13.2 Å². The number of nitrogens with zero attached hydrogens (tertiary/aromatic N) is 2. The van der Waals surface area contributed by atoms with Crippen LogP contribution < -0.4 is 4.57 Å². The van der Waals surface area contributed by atoms with E-state index in [4.69, 9.17) is 4.74 Å². The highest BCUT2D eigenvalue weighted by molar-refractivity contribution is 4.67. The van der Waals surface area contributed by atoms with Gasteiger partial charge in [0.15, 0.2) is 0 Å². The Hall–Kier alpha value is -0.830. The van der Waals surface area contributed by atoms with E-state index < -0.39 is 0 Å².